The number of aryl methyl sites for hydroxylation is 2. The first-order valence-electron chi connectivity index (χ1n) is 8.64. The summed E-state index contributed by atoms with van der Waals surface area (Å²) >= 11 is 0. The van der Waals surface area contributed by atoms with Gasteiger partial charge in [-0.3, -0.25) is 10.0 Å². The van der Waals surface area contributed by atoms with Gasteiger partial charge in [-0.25, -0.2) is 27.0 Å². The number of hydrogen-bond acceptors (Lipinski definition) is 6. The Kier molecular flexibility index (Phi) is 7.49. The third-order valence-electron chi connectivity index (χ3n) is 4.11. The van der Waals surface area contributed by atoms with Gasteiger partial charge in [-0.15, -0.1) is 0 Å². The Hall–Kier alpha value is -2.31. The summed E-state index contributed by atoms with van der Waals surface area (Å²) < 4.78 is 54.1. The van der Waals surface area contributed by atoms with Crippen LogP contribution >= 0.6 is 0 Å². The van der Waals surface area contributed by atoms with Crippen LogP contribution in [0.3, 0.4) is 0 Å². The lowest BCUT2D eigenvalue weighted by atomic mass is 10.2. The highest BCUT2D eigenvalue weighted by Crippen LogP contribution is 2.12. The zero-order valence-corrected chi connectivity index (χ0v) is 17.5. The number of rotatable bonds is 9. The molecular weight excluding hydrogens is 418 g/mol. The Morgan fingerprint density at radius 2 is 1.31 bits per heavy atom. The minimum Gasteiger partial charge on any atom is -0.289 e. The smallest absolute Gasteiger partial charge is 0.261 e. The number of hydroxylamine groups is 1. The van der Waals surface area contributed by atoms with E-state index >= 15 is 0 Å². The van der Waals surface area contributed by atoms with Gasteiger partial charge in [-0.2, -0.15) is 4.72 Å². The van der Waals surface area contributed by atoms with Crippen molar-refractivity contribution in [3.63, 3.8) is 0 Å². The monoisotopic (exact) mass is 441 g/mol. The maximum atomic E-state index is 12.5. The van der Waals surface area contributed by atoms with Gasteiger partial charge in [0.15, 0.2) is 0 Å². The van der Waals surface area contributed by atoms with Gasteiger partial charge in [0, 0.05) is 6.54 Å². The maximum absolute atomic E-state index is 12.5. The van der Waals surface area contributed by atoms with Crippen LogP contribution < -0.4 is 14.9 Å². The molecule has 2 aromatic rings. The first kappa shape index (κ1) is 23.0. The second-order valence-electron chi connectivity index (χ2n) is 6.46. The Balaban J connectivity index is 2.08. The van der Waals surface area contributed by atoms with Crippen molar-refractivity contribution in [2.75, 3.05) is 6.54 Å². The lowest BCUT2D eigenvalue weighted by Crippen LogP contribution is -2.47. The van der Waals surface area contributed by atoms with E-state index < -0.39 is 32.0 Å². The van der Waals surface area contributed by atoms with Crippen molar-refractivity contribution < 1.29 is 26.8 Å². The zero-order chi connectivity index (χ0) is 21.7. The average Bonchev–Trinajstić information content (AvgIpc) is 2.67. The van der Waals surface area contributed by atoms with Crippen LogP contribution in [0.1, 0.15) is 17.5 Å². The Morgan fingerprint density at radius 1 is 0.862 bits per heavy atom. The number of amides is 1. The zero-order valence-electron chi connectivity index (χ0n) is 15.9. The molecule has 0 aromatic heterocycles. The summed E-state index contributed by atoms with van der Waals surface area (Å²) in [5.41, 5.74) is 3.15. The van der Waals surface area contributed by atoms with Crippen LogP contribution in [0.5, 0.6) is 0 Å². The lowest BCUT2D eigenvalue weighted by molar-refractivity contribution is -0.131. The summed E-state index contributed by atoms with van der Waals surface area (Å²) in [6.45, 7) is 3.39. The minimum absolute atomic E-state index is 0.0477. The van der Waals surface area contributed by atoms with Crippen LogP contribution in [0, 0.1) is 13.8 Å². The molecule has 0 aliphatic rings. The average molecular weight is 442 g/mol. The number of nitrogens with one attached hydrogen (secondary N) is 3. The first-order chi connectivity index (χ1) is 13.5. The molecule has 0 spiro atoms. The van der Waals surface area contributed by atoms with E-state index in [-0.39, 0.29) is 22.8 Å². The summed E-state index contributed by atoms with van der Waals surface area (Å²) in [5, 5.41) is 8.90. The number of carbonyl (C=O) groups is 1. The second kappa shape index (κ2) is 9.46. The minimum atomic E-state index is -4.05. The van der Waals surface area contributed by atoms with E-state index in [2.05, 4.69) is 9.44 Å². The number of benzene rings is 2. The molecule has 0 aliphatic heterocycles. The van der Waals surface area contributed by atoms with Gasteiger partial charge in [0.1, 0.15) is 6.04 Å². The van der Waals surface area contributed by atoms with Crippen molar-refractivity contribution in [3.05, 3.63) is 59.7 Å². The third kappa shape index (κ3) is 6.34. The van der Waals surface area contributed by atoms with E-state index in [1.165, 1.54) is 29.7 Å². The summed E-state index contributed by atoms with van der Waals surface area (Å²) in [4.78, 5) is 11.9. The van der Waals surface area contributed by atoms with Gasteiger partial charge in [0.25, 0.3) is 5.91 Å². The van der Waals surface area contributed by atoms with E-state index in [1.54, 1.807) is 31.2 Å². The van der Waals surface area contributed by atoms with Crippen LogP contribution in [0.4, 0.5) is 0 Å². The summed E-state index contributed by atoms with van der Waals surface area (Å²) in [7, 11) is -7.88. The number of carbonyl (C=O) groups excluding carboxylic acids is 1. The third-order valence-corrected chi connectivity index (χ3v) is 7.08. The molecule has 0 unspecified atom stereocenters. The van der Waals surface area contributed by atoms with E-state index in [0.29, 0.717) is 0 Å². The highest BCUT2D eigenvalue weighted by Gasteiger charge is 2.26. The second-order valence-corrected chi connectivity index (χ2v) is 9.94. The quantitative estimate of drug-likeness (QED) is 0.335. The normalized spacial score (nSPS) is 13.1. The first-order valence-corrected chi connectivity index (χ1v) is 11.6. The highest BCUT2D eigenvalue weighted by molar-refractivity contribution is 7.89. The van der Waals surface area contributed by atoms with Gasteiger partial charge in [-0.1, -0.05) is 35.4 Å². The van der Waals surface area contributed by atoms with Crippen molar-refractivity contribution >= 4 is 26.0 Å². The van der Waals surface area contributed by atoms with Crippen LogP contribution in [-0.2, 0) is 24.8 Å². The molecule has 2 rings (SSSR count). The van der Waals surface area contributed by atoms with Gasteiger partial charge < -0.3 is 0 Å². The molecule has 1 atom stereocenters. The maximum Gasteiger partial charge on any atom is 0.261 e. The molecule has 9 nitrogen and oxygen atoms in total. The van der Waals surface area contributed by atoms with E-state index in [4.69, 9.17) is 5.21 Å². The number of sulfonamides is 2. The fraction of sp³-hybridized carbons (Fsp3) is 0.278. The fourth-order valence-corrected chi connectivity index (χ4v) is 4.71. The van der Waals surface area contributed by atoms with E-state index in [0.717, 1.165) is 11.1 Å². The largest absolute Gasteiger partial charge is 0.289 e. The van der Waals surface area contributed by atoms with Crippen molar-refractivity contribution in [3.8, 4) is 0 Å². The van der Waals surface area contributed by atoms with Crippen molar-refractivity contribution in [1.29, 1.82) is 0 Å². The topological polar surface area (TPSA) is 142 Å². The Labute approximate surface area is 170 Å². The molecule has 0 radical (unpaired) electrons. The molecule has 158 valence electrons. The number of hydrogen-bond donors (Lipinski definition) is 4. The molecule has 2 aromatic carbocycles. The standard InChI is InChI=1S/C18H23N3O6S2/c1-13-3-7-15(8-4-13)28(24,25)19-12-11-17(18(22)20-23)21-29(26,27)16-9-5-14(2)6-10-16/h3-10,17,19,21,23H,11-12H2,1-2H3,(H,20,22)/t17-/m1/s1. The Bertz CT molecular complexity index is 1050. The van der Waals surface area contributed by atoms with Crippen LogP contribution in [0.15, 0.2) is 58.3 Å². The summed E-state index contributed by atoms with van der Waals surface area (Å²) in [6, 6.07) is 10.8. The summed E-state index contributed by atoms with van der Waals surface area (Å²) in [5.74, 6) is -1.00. The molecule has 4 N–H and O–H groups in total. The van der Waals surface area contributed by atoms with Gasteiger partial charge >= 0.3 is 0 Å². The van der Waals surface area contributed by atoms with Gasteiger partial charge in [0.2, 0.25) is 20.0 Å². The summed E-state index contributed by atoms with van der Waals surface area (Å²) in [6.07, 6.45) is -0.220. The molecule has 29 heavy (non-hydrogen) atoms. The molecular formula is C18H23N3O6S2. The lowest BCUT2D eigenvalue weighted by Gasteiger charge is -2.17. The molecule has 0 fully saturated rings. The SMILES string of the molecule is Cc1ccc(S(=O)(=O)NCC[C@@H](NS(=O)(=O)c2ccc(C)cc2)C(=O)NO)cc1. The van der Waals surface area contributed by atoms with Crippen molar-refractivity contribution in [2.45, 2.75) is 36.1 Å². The van der Waals surface area contributed by atoms with Crippen molar-refractivity contribution in [1.82, 2.24) is 14.9 Å². The van der Waals surface area contributed by atoms with Gasteiger partial charge in [-0.05, 0) is 44.5 Å². The fourth-order valence-electron chi connectivity index (χ4n) is 2.43. The predicted molar refractivity (Wildman–Crippen MR) is 106 cm³/mol. The molecule has 1 amide bonds. The van der Waals surface area contributed by atoms with Crippen LogP contribution in [0.25, 0.3) is 0 Å². The molecule has 0 aliphatic carbocycles. The Morgan fingerprint density at radius 3 is 1.76 bits per heavy atom. The van der Waals surface area contributed by atoms with Crippen LogP contribution in [0.2, 0.25) is 0 Å². The predicted octanol–water partition coefficient (Wildman–Crippen LogP) is 0.824. The van der Waals surface area contributed by atoms with Crippen LogP contribution in [-0.4, -0.2) is 40.5 Å². The van der Waals surface area contributed by atoms with E-state index in [1.807, 2.05) is 6.92 Å². The highest BCUT2D eigenvalue weighted by atomic mass is 32.2. The van der Waals surface area contributed by atoms with Gasteiger partial charge in [0.05, 0.1) is 9.79 Å². The van der Waals surface area contributed by atoms with E-state index in [9.17, 15) is 21.6 Å². The molecule has 0 heterocycles. The molecule has 11 heteroatoms. The molecule has 0 saturated carbocycles. The molecule has 0 bridgehead atoms. The van der Waals surface area contributed by atoms with Crippen molar-refractivity contribution in [2.24, 2.45) is 0 Å². The molecule has 0 saturated heterocycles.